The zero-order valence-electron chi connectivity index (χ0n) is 4.89. The van der Waals surface area contributed by atoms with Crippen LogP contribution in [0.25, 0.3) is 0 Å². The van der Waals surface area contributed by atoms with Gasteiger partial charge < -0.3 is 0 Å². The van der Waals surface area contributed by atoms with Gasteiger partial charge in [-0.3, -0.25) is 0 Å². The summed E-state index contributed by atoms with van der Waals surface area (Å²) in [5, 5.41) is 0.862. The molecule has 47 valence electrons. The molecule has 0 aliphatic rings. The van der Waals surface area contributed by atoms with Crippen LogP contribution in [0.3, 0.4) is 0 Å². The van der Waals surface area contributed by atoms with E-state index in [2.05, 4.69) is 16.0 Å². The Hall–Kier alpha value is 0.149. The summed E-state index contributed by atoms with van der Waals surface area (Å²) in [5.74, 6) is 0.0697. The Morgan fingerprint density at radius 3 is 2.50 bits per heavy atom. The van der Waals surface area contributed by atoms with Crippen molar-refractivity contribution in [2.45, 2.75) is 24.7 Å². The molecule has 0 aromatic carbocycles. The molecule has 0 rings (SSSR count). The van der Waals surface area contributed by atoms with E-state index in [1.54, 1.807) is 0 Å². The quantitative estimate of drug-likeness (QED) is 0.614. The van der Waals surface area contributed by atoms with Crippen molar-refractivity contribution in [2.24, 2.45) is 5.73 Å². The van der Waals surface area contributed by atoms with Crippen LogP contribution in [0.15, 0.2) is 0 Å². The number of carbonyl (C=O) groups excluding carboxylic acids is 1. The molecule has 2 nitrogen and oxygen atoms in total. The summed E-state index contributed by atoms with van der Waals surface area (Å²) < 4.78 is 0. The second-order valence-corrected chi connectivity index (χ2v) is 2.57. The summed E-state index contributed by atoms with van der Waals surface area (Å²) in [7, 11) is 0. The normalized spacial score (nSPS) is 13.4. The predicted octanol–water partition coefficient (Wildman–Crippen LogP) is -0.120. The van der Waals surface area contributed by atoms with E-state index in [1.165, 1.54) is 6.92 Å². The van der Waals surface area contributed by atoms with Gasteiger partial charge in [0, 0.05) is 0 Å². The number of Topliss-reactive ketones (excluding diaryl/α,β-unsaturated/α-hetero) is 1. The first kappa shape index (κ1) is 8.15. The van der Waals surface area contributed by atoms with E-state index in [0.29, 0.717) is 0 Å². The van der Waals surface area contributed by atoms with Crippen molar-refractivity contribution in [3.8, 4) is 0 Å². The zero-order valence-corrected chi connectivity index (χ0v) is 6.60. The van der Waals surface area contributed by atoms with Gasteiger partial charge in [-0.1, -0.05) is 0 Å². The number of hydrogen-bond donors (Lipinski definition) is 1. The first-order valence-electron chi connectivity index (χ1n) is 2.52. The fourth-order valence-electron chi connectivity index (χ4n) is 0.330. The van der Waals surface area contributed by atoms with Crippen LogP contribution in [-0.4, -0.2) is 27.8 Å². The zero-order chi connectivity index (χ0) is 6.57. The molecule has 1 atom stereocenters. The third kappa shape index (κ3) is 3.19. The Morgan fingerprint density at radius 1 is 1.88 bits per heavy atom. The molecule has 8 heavy (non-hydrogen) atoms. The van der Waals surface area contributed by atoms with Gasteiger partial charge in [0.25, 0.3) is 0 Å². The summed E-state index contributed by atoms with van der Waals surface area (Å²) in [4.78, 5) is 10.4. The van der Waals surface area contributed by atoms with Gasteiger partial charge in [-0.15, -0.1) is 0 Å². The molecule has 1 unspecified atom stereocenters. The minimum absolute atomic E-state index is 0.0697. The molecule has 1 radical (unpaired) electrons. The van der Waals surface area contributed by atoms with Crippen molar-refractivity contribution in [2.75, 3.05) is 0 Å². The van der Waals surface area contributed by atoms with Crippen LogP contribution in [0, 0.1) is 0 Å². The molecule has 0 amide bonds. The third-order valence-electron chi connectivity index (χ3n) is 0.951. The monoisotopic (exact) mass is 180 g/mol. The molecule has 2 N–H and O–H groups in total. The molecule has 0 fully saturated rings. The molecular weight excluding hydrogens is 169 g/mol. The number of carbonyl (C=O) groups is 1. The predicted molar refractivity (Wildman–Crippen MR) is 33.8 cm³/mol. The van der Waals surface area contributed by atoms with E-state index in [9.17, 15) is 4.79 Å². The van der Waals surface area contributed by atoms with Crippen molar-refractivity contribution in [1.82, 2.24) is 0 Å². The van der Waals surface area contributed by atoms with E-state index >= 15 is 0 Å². The number of rotatable bonds is 3. The van der Waals surface area contributed by atoms with Gasteiger partial charge in [0.2, 0.25) is 0 Å². The molecule has 0 saturated heterocycles. The van der Waals surface area contributed by atoms with E-state index in [0.717, 1.165) is 11.7 Å². The molecule has 0 aromatic rings. The Balaban J connectivity index is 3.32. The molecule has 3 heteroatoms. The molecule has 0 aliphatic heterocycles. The summed E-state index contributed by atoms with van der Waals surface area (Å²) >= 11 is 2.80. The van der Waals surface area contributed by atoms with Crippen LogP contribution in [0.1, 0.15) is 13.3 Å². The van der Waals surface area contributed by atoms with E-state index < -0.39 is 0 Å². The Morgan fingerprint density at radius 2 is 2.38 bits per heavy atom. The number of nitrogens with two attached hydrogens (primary N) is 1. The van der Waals surface area contributed by atoms with Crippen molar-refractivity contribution >= 4 is 21.8 Å². The van der Waals surface area contributed by atoms with Crippen molar-refractivity contribution in [3.63, 3.8) is 0 Å². The van der Waals surface area contributed by atoms with Gasteiger partial charge in [-0.2, -0.15) is 0 Å². The summed E-state index contributed by atoms with van der Waals surface area (Å²) in [6, 6.07) is -0.253. The molecule has 0 heterocycles. The second kappa shape index (κ2) is 4.07. The molecule has 0 spiro atoms. The molecule has 0 aromatic heterocycles. The molecule has 0 bridgehead atoms. The number of hydrogen-bond acceptors (Lipinski definition) is 2. The van der Waals surface area contributed by atoms with E-state index in [4.69, 9.17) is 5.73 Å². The van der Waals surface area contributed by atoms with Crippen LogP contribution in [0.5, 0.6) is 0 Å². The third-order valence-corrected chi connectivity index (χ3v) is 1.45. The second-order valence-electron chi connectivity index (χ2n) is 1.71. The average Bonchev–Trinajstić information content (AvgIpc) is 1.67. The van der Waals surface area contributed by atoms with Gasteiger partial charge in [0.15, 0.2) is 0 Å². The first-order chi connectivity index (χ1) is 3.68. The van der Waals surface area contributed by atoms with Crippen LogP contribution in [0.2, 0.25) is 5.32 Å². The summed E-state index contributed by atoms with van der Waals surface area (Å²) in [5.41, 5.74) is 5.36. The average molecular weight is 179 g/mol. The standard InChI is InChI=1S/C5H10NOSe/c1-4(7)5(6)2-3-8/h5H,2-3,6H2,1H3. The Labute approximate surface area is 57.6 Å². The number of ketones is 1. The van der Waals surface area contributed by atoms with Gasteiger partial charge in [-0.05, 0) is 0 Å². The van der Waals surface area contributed by atoms with E-state index in [-0.39, 0.29) is 11.8 Å². The van der Waals surface area contributed by atoms with Crippen molar-refractivity contribution < 1.29 is 4.79 Å². The van der Waals surface area contributed by atoms with Crippen LogP contribution in [0.4, 0.5) is 0 Å². The van der Waals surface area contributed by atoms with Gasteiger partial charge in [0.05, 0.1) is 0 Å². The van der Waals surface area contributed by atoms with Crippen molar-refractivity contribution in [3.05, 3.63) is 0 Å². The van der Waals surface area contributed by atoms with Crippen LogP contribution in [-0.2, 0) is 4.79 Å². The molecular formula is C5H10NOSe. The maximum atomic E-state index is 10.4. The van der Waals surface area contributed by atoms with Crippen LogP contribution < -0.4 is 5.73 Å². The van der Waals surface area contributed by atoms with E-state index in [1.807, 2.05) is 0 Å². The SMILES string of the molecule is CC(=O)C(N)CC[Se]. The fourth-order valence-corrected chi connectivity index (χ4v) is 0.863. The van der Waals surface area contributed by atoms with Gasteiger partial charge >= 0.3 is 57.0 Å². The summed E-state index contributed by atoms with van der Waals surface area (Å²) in [6.45, 7) is 1.51. The first-order valence-corrected chi connectivity index (χ1v) is 3.73. The maximum absolute atomic E-state index is 10.4. The van der Waals surface area contributed by atoms with Crippen molar-refractivity contribution in [1.29, 1.82) is 0 Å². The Kier molecular flexibility index (Phi) is 4.15. The Bertz CT molecular complexity index is 84.5. The van der Waals surface area contributed by atoms with Gasteiger partial charge in [0.1, 0.15) is 0 Å². The minimum atomic E-state index is -0.253. The molecule has 0 aliphatic carbocycles. The summed E-state index contributed by atoms with van der Waals surface area (Å²) in [6.07, 6.45) is 0.759. The topological polar surface area (TPSA) is 43.1 Å². The van der Waals surface area contributed by atoms with Gasteiger partial charge in [-0.25, -0.2) is 0 Å². The molecule has 0 saturated carbocycles. The van der Waals surface area contributed by atoms with Crippen LogP contribution >= 0.6 is 0 Å². The fraction of sp³-hybridized carbons (Fsp3) is 0.800.